The fourth-order valence-electron chi connectivity index (χ4n) is 4.96. The van der Waals surface area contributed by atoms with Crippen molar-refractivity contribution < 1.29 is 0 Å². The lowest BCUT2D eigenvalue weighted by molar-refractivity contribution is 1.60. The zero-order chi connectivity index (χ0) is 16.1. The van der Waals surface area contributed by atoms with Gasteiger partial charge in [-0.15, -0.1) is 0 Å². The largest absolute Gasteiger partial charge is 0.353 e. The van der Waals surface area contributed by atoms with Crippen LogP contribution in [0.3, 0.4) is 0 Å². The van der Waals surface area contributed by atoms with Crippen LogP contribution in [0, 0.1) is 0 Å². The van der Waals surface area contributed by atoms with Gasteiger partial charge in [-0.3, -0.25) is 0 Å². The summed E-state index contributed by atoms with van der Waals surface area (Å²) in [4.78, 5) is 3.79. The third kappa shape index (κ3) is 1.23. The van der Waals surface area contributed by atoms with Crippen LogP contribution in [0.15, 0.2) is 72.8 Å². The van der Waals surface area contributed by atoms with Crippen molar-refractivity contribution in [3.8, 4) is 0 Å². The summed E-state index contributed by atoms with van der Waals surface area (Å²) in [5.41, 5.74) is 2.56. The number of aromatic nitrogens is 1. The lowest BCUT2D eigenvalue weighted by Crippen LogP contribution is -1.72. The minimum absolute atomic E-state index is 1.28. The van der Waals surface area contributed by atoms with Crippen LogP contribution in [0.25, 0.3) is 64.9 Å². The van der Waals surface area contributed by atoms with Gasteiger partial charge in [-0.05, 0) is 32.3 Å². The van der Waals surface area contributed by atoms with E-state index in [2.05, 4.69) is 77.8 Å². The summed E-state index contributed by atoms with van der Waals surface area (Å²) in [6, 6.07) is 26.6. The van der Waals surface area contributed by atoms with E-state index in [9.17, 15) is 0 Å². The molecule has 0 atom stereocenters. The monoisotopic (exact) mass is 315 g/mol. The molecular weight excluding hydrogens is 302 g/mol. The van der Waals surface area contributed by atoms with Gasteiger partial charge in [-0.2, -0.15) is 0 Å². The molecule has 1 heterocycles. The van der Waals surface area contributed by atoms with E-state index in [1.165, 1.54) is 64.9 Å². The number of fused-ring (bicyclic) bond motifs is 7. The van der Waals surface area contributed by atoms with Crippen LogP contribution >= 0.6 is 0 Å². The molecule has 114 valence electrons. The molecule has 0 bridgehead atoms. The van der Waals surface area contributed by atoms with Crippen molar-refractivity contribution in [2.24, 2.45) is 0 Å². The van der Waals surface area contributed by atoms with Gasteiger partial charge in [0.15, 0.2) is 0 Å². The summed E-state index contributed by atoms with van der Waals surface area (Å²) in [6.45, 7) is 0. The summed E-state index contributed by atoms with van der Waals surface area (Å²) >= 11 is 0. The predicted molar refractivity (Wildman–Crippen MR) is 108 cm³/mol. The van der Waals surface area contributed by atoms with E-state index in [4.69, 9.17) is 0 Å². The molecule has 1 nitrogen and oxygen atoms in total. The highest BCUT2D eigenvalue weighted by atomic mass is 14.7. The third-order valence-corrected chi connectivity index (χ3v) is 5.89. The van der Waals surface area contributed by atoms with Crippen molar-refractivity contribution in [2.75, 3.05) is 0 Å². The van der Waals surface area contributed by atoms with E-state index < -0.39 is 0 Å². The molecule has 0 aliphatic carbocycles. The van der Waals surface area contributed by atoms with Gasteiger partial charge in [0.2, 0.25) is 0 Å². The number of hydrogen-bond donors (Lipinski definition) is 1. The first-order valence-corrected chi connectivity index (χ1v) is 8.73. The molecule has 0 aliphatic heterocycles. The van der Waals surface area contributed by atoms with E-state index >= 15 is 0 Å². The second-order valence-electron chi connectivity index (χ2n) is 7.04. The van der Waals surface area contributed by atoms with Crippen LogP contribution in [0.5, 0.6) is 0 Å². The molecule has 1 aromatic heterocycles. The predicted octanol–water partition coefficient (Wildman–Crippen LogP) is 6.81. The molecule has 7 aromatic rings. The molecule has 25 heavy (non-hydrogen) atoms. The smallest absolute Gasteiger partial charge is 0.0551 e. The molecule has 0 saturated carbocycles. The van der Waals surface area contributed by atoms with Gasteiger partial charge < -0.3 is 4.98 Å². The fourth-order valence-corrected chi connectivity index (χ4v) is 4.96. The van der Waals surface area contributed by atoms with Crippen molar-refractivity contribution >= 4 is 64.9 Å². The number of aromatic amines is 1. The van der Waals surface area contributed by atoms with Crippen molar-refractivity contribution in [1.82, 2.24) is 4.98 Å². The molecule has 6 aromatic carbocycles. The Labute approximate surface area is 143 Å². The Morgan fingerprint density at radius 2 is 0.800 bits per heavy atom. The van der Waals surface area contributed by atoms with Gasteiger partial charge in [-0.1, -0.05) is 72.8 Å². The summed E-state index contributed by atoms with van der Waals surface area (Å²) in [6.07, 6.45) is 0. The van der Waals surface area contributed by atoms with Gasteiger partial charge in [-0.25, -0.2) is 0 Å². The zero-order valence-electron chi connectivity index (χ0n) is 13.4. The van der Waals surface area contributed by atoms with E-state index in [0.29, 0.717) is 0 Å². The minimum atomic E-state index is 1.28. The highest BCUT2D eigenvalue weighted by Crippen LogP contribution is 2.47. The van der Waals surface area contributed by atoms with Crippen LogP contribution in [-0.4, -0.2) is 4.98 Å². The minimum Gasteiger partial charge on any atom is -0.353 e. The normalized spacial score (nSPS) is 12.8. The topological polar surface area (TPSA) is 15.8 Å². The maximum atomic E-state index is 3.79. The molecule has 0 fully saturated rings. The maximum absolute atomic E-state index is 3.79. The molecule has 0 aliphatic rings. The molecule has 0 spiro atoms. The maximum Gasteiger partial charge on any atom is 0.0551 e. The Morgan fingerprint density at radius 1 is 0.400 bits per heavy atom. The third-order valence-electron chi connectivity index (χ3n) is 5.89. The molecule has 1 N–H and O–H groups in total. The van der Waals surface area contributed by atoms with E-state index in [1.54, 1.807) is 0 Å². The first-order chi connectivity index (χ1) is 12.4. The number of nitrogens with one attached hydrogen (secondary N) is 1. The number of H-pyrrole nitrogens is 1. The first kappa shape index (κ1) is 12.1. The quantitative estimate of drug-likeness (QED) is 0.316. The summed E-state index contributed by atoms with van der Waals surface area (Å²) < 4.78 is 0. The molecule has 0 amide bonds. The highest BCUT2D eigenvalue weighted by Gasteiger charge is 2.20. The van der Waals surface area contributed by atoms with Crippen LogP contribution in [-0.2, 0) is 0 Å². The SMILES string of the molecule is c1cc2cccc3c2c(c1)c1[nH]c2c4cccc5cccc(c54)c2c31. The Morgan fingerprint density at radius 3 is 1.24 bits per heavy atom. The Kier molecular flexibility index (Phi) is 1.86. The van der Waals surface area contributed by atoms with Crippen molar-refractivity contribution in [1.29, 1.82) is 0 Å². The van der Waals surface area contributed by atoms with Gasteiger partial charge in [0, 0.05) is 21.5 Å². The zero-order valence-corrected chi connectivity index (χ0v) is 13.4. The lowest BCUT2D eigenvalue weighted by Gasteiger charge is -1.98. The second kappa shape index (κ2) is 3.84. The standard InChI is InChI=1S/C24H13N/c1-5-13-7-3-11-17-19(13)15(9-1)21-22-16-10-2-6-14-8-4-12-18(20(14)16)24(22)25-23(17)21/h1-12,25H. The summed E-state index contributed by atoms with van der Waals surface area (Å²) in [5.74, 6) is 0. The molecule has 0 radical (unpaired) electrons. The van der Waals surface area contributed by atoms with Crippen LogP contribution in [0.4, 0.5) is 0 Å². The van der Waals surface area contributed by atoms with Gasteiger partial charge in [0.1, 0.15) is 0 Å². The Hall–Kier alpha value is -3.32. The summed E-state index contributed by atoms with van der Waals surface area (Å²) in [5, 5.41) is 13.6. The van der Waals surface area contributed by atoms with Gasteiger partial charge >= 0.3 is 0 Å². The first-order valence-electron chi connectivity index (χ1n) is 8.73. The molecule has 0 saturated heterocycles. The second-order valence-corrected chi connectivity index (χ2v) is 7.04. The lowest BCUT2D eigenvalue weighted by atomic mass is 10.1. The van der Waals surface area contributed by atoms with E-state index in [1.807, 2.05) is 0 Å². The average molecular weight is 315 g/mol. The Bertz CT molecular complexity index is 1450. The number of rotatable bonds is 0. The molecule has 1 heteroatoms. The van der Waals surface area contributed by atoms with Crippen LogP contribution in [0.1, 0.15) is 0 Å². The van der Waals surface area contributed by atoms with Crippen molar-refractivity contribution in [2.45, 2.75) is 0 Å². The van der Waals surface area contributed by atoms with Crippen molar-refractivity contribution in [3.63, 3.8) is 0 Å². The fraction of sp³-hybridized carbons (Fsp3) is 0. The summed E-state index contributed by atoms with van der Waals surface area (Å²) in [7, 11) is 0. The molecule has 0 unspecified atom stereocenters. The molecular formula is C24H13N. The average Bonchev–Trinajstić information content (AvgIpc) is 3.28. The van der Waals surface area contributed by atoms with E-state index in [-0.39, 0.29) is 0 Å². The highest BCUT2D eigenvalue weighted by molar-refractivity contribution is 6.43. The van der Waals surface area contributed by atoms with Crippen LogP contribution < -0.4 is 0 Å². The number of hydrogen-bond acceptors (Lipinski definition) is 0. The van der Waals surface area contributed by atoms with Gasteiger partial charge in [0.05, 0.1) is 11.0 Å². The van der Waals surface area contributed by atoms with Crippen LogP contribution in [0.2, 0.25) is 0 Å². The molecule has 7 rings (SSSR count). The number of benzene rings is 4. The van der Waals surface area contributed by atoms with E-state index in [0.717, 1.165) is 0 Å². The van der Waals surface area contributed by atoms with Crippen molar-refractivity contribution in [3.05, 3.63) is 72.8 Å². The van der Waals surface area contributed by atoms with Gasteiger partial charge in [0.25, 0.3) is 0 Å². The Balaban J connectivity index is 1.93.